The number of ketones is 1. The van der Waals surface area contributed by atoms with Gasteiger partial charge in [-0.15, -0.1) is 11.3 Å². The van der Waals surface area contributed by atoms with E-state index in [0.717, 1.165) is 11.3 Å². The third-order valence-corrected chi connectivity index (χ3v) is 4.14. The molecule has 0 fully saturated rings. The number of hydrogen-bond donors (Lipinski definition) is 2. The van der Waals surface area contributed by atoms with Crippen LogP contribution < -0.4 is 5.43 Å². The van der Waals surface area contributed by atoms with Crippen molar-refractivity contribution in [2.75, 3.05) is 0 Å². The number of thiophene rings is 1. The maximum atomic E-state index is 13.0. The molecule has 1 amide bonds. The summed E-state index contributed by atoms with van der Waals surface area (Å²) >= 11 is 1.02. The first-order chi connectivity index (χ1) is 11.7. The van der Waals surface area contributed by atoms with Crippen LogP contribution >= 0.6 is 11.3 Å². The van der Waals surface area contributed by atoms with Gasteiger partial charge in [0.05, 0.1) is 16.9 Å². The Morgan fingerprint density at radius 1 is 1.24 bits per heavy atom. The summed E-state index contributed by atoms with van der Waals surface area (Å²) in [5, 5.41) is 14.4. The number of nitrogens with one attached hydrogen (secondary N) is 1. The van der Waals surface area contributed by atoms with Crippen LogP contribution in [-0.2, 0) is 0 Å². The van der Waals surface area contributed by atoms with Crippen LogP contribution in [0.1, 0.15) is 32.0 Å². The minimum absolute atomic E-state index is 0.166. The van der Waals surface area contributed by atoms with Crippen molar-refractivity contribution in [1.82, 2.24) is 5.43 Å². The van der Waals surface area contributed by atoms with Gasteiger partial charge in [-0.2, -0.15) is 18.3 Å². The largest absolute Gasteiger partial charge is 0.507 e. The molecule has 2 rings (SSSR count). The van der Waals surface area contributed by atoms with Gasteiger partial charge in [-0.1, -0.05) is 18.2 Å². The molecule has 1 aromatic heterocycles. The zero-order valence-electron chi connectivity index (χ0n) is 12.9. The van der Waals surface area contributed by atoms with Crippen LogP contribution in [0, 0.1) is 6.92 Å². The number of aryl methyl sites for hydroxylation is 1. The molecule has 0 spiro atoms. The summed E-state index contributed by atoms with van der Waals surface area (Å²) in [6.45, 7) is 1.54. The Hall–Kier alpha value is -2.68. The summed E-state index contributed by atoms with van der Waals surface area (Å²) in [5.41, 5.74) is 0.496. The molecular formula is C16H13F3N2O3S. The molecule has 0 saturated heterocycles. The summed E-state index contributed by atoms with van der Waals surface area (Å²) < 4.78 is 39.1. The summed E-state index contributed by atoms with van der Waals surface area (Å²) in [4.78, 5) is 24.0. The topological polar surface area (TPSA) is 78.8 Å². The molecule has 1 aromatic carbocycles. The fourth-order valence-electron chi connectivity index (χ4n) is 1.90. The Labute approximate surface area is 144 Å². The third kappa shape index (κ3) is 4.66. The summed E-state index contributed by atoms with van der Waals surface area (Å²) in [6.07, 6.45) is -5.88. The van der Waals surface area contributed by atoms with E-state index in [1.54, 1.807) is 16.9 Å². The van der Waals surface area contributed by atoms with Crippen molar-refractivity contribution < 1.29 is 27.9 Å². The molecule has 5 nitrogen and oxygen atoms in total. The Morgan fingerprint density at radius 3 is 2.56 bits per heavy atom. The maximum Gasteiger partial charge on any atom is 0.431 e. The molecule has 0 radical (unpaired) electrons. The molecule has 0 bridgehead atoms. The summed E-state index contributed by atoms with van der Waals surface area (Å²) in [6, 6.07) is 7.21. The highest BCUT2D eigenvalue weighted by Crippen LogP contribution is 2.23. The number of amides is 1. The number of carbonyl (C=O) groups excluding carboxylic acids is 2. The highest BCUT2D eigenvalue weighted by molar-refractivity contribution is 7.12. The van der Waals surface area contributed by atoms with Crippen molar-refractivity contribution in [3.8, 4) is 5.75 Å². The number of phenolic OH excluding ortho intramolecular Hbond substituents is 1. The quantitative estimate of drug-likeness (QED) is 0.479. The van der Waals surface area contributed by atoms with Crippen LogP contribution in [0.3, 0.4) is 0 Å². The van der Waals surface area contributed by atoms with E-state index in [1.807, 2.05) is 0 Å². The summed E-state index contributed by atoms with van der Waals surface area (Å²) in [7, 11) is 0. The van der Waals surface area contributed by atoms with E-state index < -0.39 is 30.0 Å². The van der Waals surface area contributed by atoms with Crippen molar-refractivity contribution in [2.24, 2.45) is 5.10 Å². The molecule has 2 aromatic rings. The molecule has 132 valence electrons. The molecular weight excluding hydrogens is 357 g/mol. The Morgan fingerprint density at radius 2 is 1.96 bits per heavy atom. The fraction of sp³-hybridized carbons (Fsp3) is 0.188. The lowest BCUT2D eigenvalue weighted by Gasteiger charge is -2.10. The molecule has 0 aliphatic heterocycles. The van der Waals surface area contributed by atoms with Crippen LogP contribution in [0.2, 0.25) is 0 Å². The van der Waals surface area contributed by atoms with E-state index in [-0.39, 0.29) is 16.2 Å². The number of alkyl halides is 3. The van der Waals surface area contributed by atoms with Gasteiger partial charge in [-0.25, -0.2) is 5.43 Å². The first kappa shape index (κ1) is 18.7. The first-order valence-electron chi connectivity index (χ1n) is 6.99. The lowest BCUT2D eigenvalue weighted by atomic mass is 10.1. The van der Waals surface area contributed by atoms with Crippen molar-refractivity contribution >= 4 is 28.7 Å². The van der Waals surface area contributed by atoms with E-state index in [0.29, 0.717) is 5.56 Å². The van der Waals surface area contributed by atoms with Crippen LogP contribution in [0.5, 0.6) is 5.75 Å². The number of hydrogen-bond acceptors (Lipinski definition) is 5. The molecule has 0 aliphatic rings. The van der Waals surface area contributed by atoms with Gasteiger partial charge in [0.25, 0.3) is 5.91 Å². The van der Waals surface area contributed by atoms with Crippen LogP contribution in [-0.4, -0.2) is 28.7 Å². The molecule has 2 N–H and O–H groups in total. The molecule has 1 heterocycles. The van der Waals surface area contributed by atoms with Gasteiger partial charge < -0.3 is 5.11 Å². The van der Waals surface area contributed by atoms with Crippen LogP contribution in [0.15, 0.2) is 40.8 Å². The minimum Gasteiger partial charge on any atom is -0.507 e. The Bertz CT molecular complexity index is 815. The number of nitrogens with zero attached hydrogens (tertiary/aromatic N) is 1. The van der Waals surface area contributed by atoms with Gasteiger partial charge >= 0.3 is 6.18 Å². The fourth-order valence-corrected chi connectivity index (χ4v) is 2.56. The number of halogens is 3. The Balaban J connectivity index is 2.19. The van der Waals surface area contributed by atoms with Crippen molar-refractivity contribution in [3.63, 3.8) is 0 Å². The highest BCUT2D eigenvalue weighted by atomic mass is 32.1. The number of para-hydroxylation sites is 1. The zero-order valence-corrected chi connectivity index (χ0v) is 13.7. The highest BCUT2D eigenvalue weighted by Gasteiger charge is 2.37. The van der Waals surface area contributed by atoms with Crippen LogP contribution in [0.4, 0.5) is 13.2 Å². The molecule has 0 aliphatic carbocycles. The molecule has 0 saturated carbocycles. The van der Waals surface area contributed by atoms with Crippen molar-refractivity contribution in [1.29, 1.82) is 0 Å². The van der Waals surface area contributed by atoms with E-state index >= 15 is 0 Å². The Kier molecular flexibility index (Phi) is 5.58. The lowest BCUT2D eigenvalue weighted by molar-refractivity contribution is -0.0605. The molecule has 9 heteroatoms. The average molecular weight is 370 g/mol. The van der Waals surface area contributed by atoms with E-state index in [1.165, 1.54) is 31.2 Å². The summed E-state index contributed by atoms with van der Waals surface area (Å²) in [5.74, 6) is -2.11. The number of aromatic hydroxyl groups is 1. The van der Waals surface area contributed by atoms with Gasteiger partial charge in [-0.05, 0) is 30.0 Å². The minimum atomic E-state index is -4.88. The lowest BCUT2D eigenvalue weighted by Crippen LogP contribution is -2.30. The third-order valence-electron chi connectivity index (χ3n) is 3.23. The average Bonchev–Trinajstić information content (AvgIpc) is 3.07. The van der Waals surface area contributed by atoms with Gasteiger partial charge in [0.1, 0.15) is 11.5 Å². The number of hydrazone groups is 1. The van der Waals surface area contributed by atoms with E-state index in [2.05, 4.69) is 5.10 Å². The van der Waals surface area contributed by atoms with Crippen molar-refractivity contribution in [2.45, 2.75) is 19.5 Å². The van der Waals surface area contributed by atoms with Gasteiger partial charge in [0.15, 0.2) is 5.78 Å². The van der Waals surface area contributed by atoms with Gasteiger partial charge in [0, 0.05) is 0 Å². The zero-order chi connectivity index (χ0) is 18.6. The second-order valence-corrected chi connectivity index (χ2v) is 5.99. The predicted octanol–water partition coefficient (Wildman–Crippen LogP) is 3.68. The molecule has 0 atom stereocenters. The van der Waals surface area contributed by atoms with E-state index in [4.69, 9.17) is 0 Å². The number of Topliss-reactive ketones (excluding diaryl/α,β-unsaturated/α-hetero) is 1. The van der Waals surface area contributed by atoms with Crippen molar-refractivity contribution in [3.05, 3.63) is 51.7 Å². The van der Waals surface area contributed by atoms with Crippen LogP contribution in [0.25, 0.3) is 0 Å². The normalized spacial score (nSPS) is 12.1. The molecule has 0 unspecified atom stereocenters. The standard InChI is InChI=1S/C16H13F3N2O3S/c1-9-4-2-5-10(14(9)23)15(24)21-20-13(16(17,18)19)8-11(22)12-6-3-7-25-12/h2-7,23H,8H2,1H3,(H,21,24)/b20-13+. The van der Waals surface area contributed by atoms with Gasteiger partial charge in [0.2, 0.25) is 0 Å². The second-order valence-electron chi connectivity index (χ2n) is 5.05. The SMILES string of the molecule is Cc1cccc(C(=O)N/N=C(\CC(=O)c2cccs2)C(F)(F)F)c1O. The monoisotopic (exact) mass is 370 g/mol. The number of rotatable bonds is 5. The first-order valence-corrected chi connectivity index (χ1v) is 7.87. The molecule has 25 heavy (non-hydrogen) atoms. The van der Waals surface area contributed by atoms with Gasteiger partial charge in [-0.3, -0.25) is 9.59 Å². The smallest absolute Gasteiger partial charge is 0.431 e. The second kappa shape index (κ2) is 7.47. The predicted molar refractivity (Wildman–Crippen MR) is 87.1 cm³/mol. The number of carbonyl (C=O) groups is 2. The number of benzene rings is 1. The van der Waals surface area contributed by atoms with E-state index in [9.17, 15) is 27.9 Å². The maximum absolute atomic E-state index is 13.0. The number of phenols is 1.